The van der Waals surface area contributed by atoms with Crippen LogP contribution in [0.3, 0.4) is 0 Å². The number of nitrogens with zero attached hydrogens (tertiary/aromatic N) is 5. The summed E-state index contributed by atoms with van der Waals surface area (Å²) < 4.78 is 27.6. The van der Waals surface area contributed by atoms with E-state index in [-0.39, 0.29) is 16.9 Å². The second kappa shape index (κ2) is 14.0. The number of fused-ring (bicyclic) bond motifs is 1. The Balaban J connectivity index is 1.16. The third-order valence-corrected chi connectivity index (χ3v) is 9.49. The number of carbonyl (C=O) groups is 1. The second-order valence-corrected chi connectivity index (χ2v) is 12.1. The van der Waals surface area contributed by atoms with Gasteiger partial charge in [-0.3, -0.25) is 4.79 Å². The molecule has 6 rings (SSSR count). The first-order valence-electron chi connectivity index (χ1n) is 16.2. The highest BCUT2D eigenvalue weighted by Gasteiger charge is 2.42. The van der Waals surface area contributed by atoms with Gasteiger partial charge < -0.3 is 28.7 Å². The maximum Gasteiger partial charge on any atom is 0.257 e. The first-order chi connectivity index (χ1) is 22.0. The summed E-state index contributed by atoms with van der Waals surface area (Å²) in [6, 6.07) is 23.1. The van der Waals surface area contributed by atoms with E-state index in [4.69, 9.17) is 14.5 Å². The van der Waals surface area contributed by atoms with E-state index < -0.39 is 5.82 Å². The van der Waals surface area contributed by atoms with Crippen LogP contribution in [0.15, 0.2) is 72.8 Å². The van der Waals surface area contributed by atoms with Gasteiger partial charge in [0.2, 0.25) is 5.95 Å². The van der Waals surface area contributed by atoms with Gasteiger partial charge in [0.05, 0.1) is 30.3 Å². The lowest BCUT2D eigenvalue weighted by atomic mass is 9.76. The van der Waals surface area contributed by atoms with Crippen molar-refractivity contribution in [1.29, 1.82) is 0 Å². The molecule has 1 unspecified atom stereocenters. The minimum absolute atomic E-state index is 0.170. The fraction of sp³-hybridized carbons (Fsp3) is 0.444. The van der Waals surface area contributed by atoms with Crippen LogP contribution in [0.2, 0.25) is 0 Å². The van der Waals surface area contributed by atoms with Crippen LogP contribution in [-0.2, 0) is 16.7 Å². The fourth-order valence-corrected chi connectivity index (χ4v) is 7.03. The largest absolute Gasteiger partial charge is 0.496 e. The van der Waals surface area contributed by atoms with E-state index >= 15 is 0 Å². The van der Waals surface area contributed by atoms with Crippen LogP contribution < -0.4 is 9.64 Å². The average Bonchev–Trinajstić information content (AvgIpc) is 3.59. The highest BCUT2D eigenvalue weighted by Crippen LogP contribution is 2.39. The van der Waals surface area contributed by atoms with E-state index in [9.17, 15) is 9.18 Å². The van der Waals surface area contributed by atoms with Crippen LogP contribution in [0.25, 0.3) is 11.0 Å². The molecule has 4 aromatic rings. The fourth-order valence-electron chi connectivity index (χ4n) is 7.03. The molecule has 8 nitrogen and oxygen atoms in total. The van der Waals surface area contributed by atoms with Crippen molar-refractivity contribution in [2.75, 3.05) is 71.0 Å². The number of para-hydroxylation sites is 2. The predicted molar refractivity (Wildman–Crippen MR) is 176 cm³/mol. The van der Waals surface area contributed by atoms with Gasteiger partial charge in [-0.1, -0.05) is 42.5 Å². The Kier molecular flexibility index (Phi) is 9.66. The molecule has 0 saturated carbocycles. The molecule has 2 aliphatic rings. The normalized spacial score (nSPS) is 19.3. The Bertz CT molecular complexity index is 1590. The van der Waals surface area contributed by atoms with Crippen molar-refractivity contribution in [3.8, 4) is 5.75 Å². The first-order valence-corrected chi connectivity index (χ1v) is 16.2. The summed E-state index contributed by atoms with van der Waals surface area (Å²) in [5.74, 6) is 0.810. The van der Waals surface area contributed by atoms with Gasteiger partial charge in [0.15, 0.2) is 0 Å². The minimum Gasteiger partial charge on any atom is -0.496 e. The molecule has 0 N–H and O–H groups in total. The van der Waals surface area contributed by atoms with Crippen molar-refractivity contribution >= 4 is 22.9 Å². The number of imidazole rings is 1. The third kappa shape index (κ3) is 6.70. The number of carbonyl (C=O) groups excluding carboxylic acids is 1. The number of halogens is 1. The van der Waals surface area contributed by atoms with E-state index in [1.165, 1.54) is 30.9 Å². The summed E-state index contributed by atoms with van der Waals surface area (Å²) >= 11 is 0. The Labute approximate surface area is 265 Å². The van der Waals surface area contributed by atoms with Crippen LogP contribution in [0.1, 0.15) is 42.1 Å². The maximum absolute atomic E-state index is 14.1. The maximum atomic E-state index is 14.1. The smallest absolute Gasteiger partial charge is 0.257 e. The quantitative estimate of drug-likeness (QED) is 0.205. The molecule has 0 radical (unpaired) electrons. The highest BCUT2D eigenvalue weighted by molar-refractivity contribution is 5.97. The molecular weight excluding hydrogens is 569 g/mol. The number of amides is 1. The molecule has 2 saturated heterocycles. The van der Waals surface area contributed by atoms with Gasteiger partial charge in [0.25, 0.3) is 5.91 Å². The zero-order valence-electron chi connectivity index (χ0n) is 26.5. The first kappa shape index (κ1) is 31.0. The van der Waals surface area contributed by atoms with Crippen molar-refractivity contribution in [2.45, 2.75) is 38.1 Å². The molecule has 3 heterocycles. The monoisotopic (exact) mass is 613 g/mol. The van der Waals surface area contributed by atoms with Crippen molar-refractivity contribution < 1.29 is 18.7 Å². The summed E-state index contributed by atoms with van der Waals surface area (Å²) in [7, 11) is 1.52. The van der Waals surface area contributed by atoms with E-state index in [1.807, 2.05) is 24.0 Å². The van der Waals surface area contributed by atoms with Crippen molar-refractivity contribution in [3.63, 3.8) is 0 Å². The molecule has 1 atom stereocenters. The molecule has 2 aliphatic heterocycles. The molecule has 0 spiro atoms. The molecule has 2 fully saturated rings. The van der Waals surface area contributed by atoms with E-state index in [0.29, 0.717) is 32.1 Å². The number of methoxy groups -OCH3 is 1. The number of hydrogen-bond donors (Lipinski definition) is 0. The van der Waals surface area contributed by atoms with Crippen molar-refractivity contribution in [3.05, 3.63) is 89.7 Å². The van der Waals surface area contributed by atoms with Crippen LogP contribution in [-0.4, -0.2) is 91.4 Å². The number of rotatable bonds is 11. The van der Waals surface area contributed by atoms with E-state index in [0.717, 1.165) is 75.5 Å². The molecule has 45 heavy (non-hydrogen) atoms. The molecule has 1 amide bonds. The van der Waals surface area contributed by atoms with Crippen LogP contribution in [0.5, 0.6) is 5.75 Å². The number of aromatic nitrogens is 2. The number of benzene rings is 3. The van der Waals surface area contributed by atoms with Crippen molar-refractivity contribution in [1.82, 2.24) is 19.4 Å². The summed E-state index contributed by atoms with van der Waals surface area (Å²) in [4.78, 5) is 25.6. The predicted octanol–water partition coefficient (Wildman–Crippen LogP) is 5.61. The zero-order valence-corrected chi connectivity index (χ0v) is 26.5. The number of ether oxygens (including phenoxy) is 2. The molecule has 0 bridgehead atoms. The molecule has 3 aromatic carbocycles. The summed E-state index contributed by atoms with van der Waals surface area (Å²) in [5.41, 5.74) is 3.53. The van der Waals surface area contributed by atoms with Gasteiger partial charge in [-0.25, -0.2) is 9.37 Å². The number of anilines is 1. The van der Waals surface area contributed by atoms with Crippen molar-refractivity contribution in [2.24, 2.45) is 0 Å². The third-order valence-electron chi connectivity index (χ3n) is 9.49. The zero-order chi connectivity index (χ0) is 31.2. The lowest BCUT2D eigenvalue weighted by Gasteiger charge is -2.33. The van der Waals surface area contributed by atoms with Gasteiger partial charge >= 0.3 is 0 Å². The Morgan fingerprint density at radius 2 is 1.78 bits per heavy atom. The Morgan fingerprint density at radius 3 is 2.60 bits per heavy atom. The topological polar surface area (TPSA) is 63.1 Å². The number of likely N-dealkylation sites (tertiary alicyclic amines) is 1. The van der Waals surface area contributed by atoms with Gasteiger partial charge in [-0.2, -0.15) is 0 Å². The lowest BCUT2D eigenvalue weighted by Crippen LogP contribution is -2.39. The molecule has 9 heteroatoms. The SMILES string of the molecule is CCOCCn1c(N2CCCN(CCC3(c4ccccc4)CCN(C(=O)c4cc(F)ccc4OC)C3)CC2)nc2ccccc21. The highest BCUT2D eigenvalue weighted by atomic mass is 19.1. The van der Waals surface area contributed by atoms with Gasteiger partial charge in [-0.05, 0) is 75.2 Å². The van der Waals surface area contributed by atoms with E-state index in [1.54, 1.807) is 0 Å². The molecule has 238 valence electrons. The van der Waals surface area contributed by atoms with E-state index in [2.05, 4.69) is 56.8 Å². The second-order valence-electron chi connectivity index (χ2n) is 12.1. The van der Waals surface area contributed by atoms with Crippen LogP contribution >= 0.6 is 0 Å². The summed E-state index contributed by atoms with van der Waals surface area (Å²) in [5, 5.41) is 0. The number of hydrogen-bond acceptors (Lipinski definition) is 6. The average molecular weight is 614 g/mol. The molecule has 0 aliphatic carbocycles. The standard InChI is InChI=1S/C36H44FN5O3/c1-3-45-25-24-42-32-13-8-7-12-31(32)38-35(42)40-19-9-18-39(22-23-40)20-16-36(28-10-5-4-6-11-28)17-21-41(27-36)34(43)30-26-29(37)14-15-33(30)44-2/h4-8,10-15,26H,3,9,16-25,27H2,1-2H3. The lowest BCUT2D eigenvalue weighted by molar-refractivity contribution is 0.0777. The van der Waals surface area contributed by atoms with Gasteiger partial charge in [0.1, 0.15) is 11.6 Å². The molecular formula is C36H44FN5O3. The Morgan fingerprint density at radius 1 is 0.956 bits per heavy atom. The minimum atomic E-state index is -0.437. The van der Waals surface area contributed by atoms with Gasteiger partial charge in [0, 0.05) is 51.3 Å². The Hall–Kier alpha value is -3.95. The molecule has 1 aromatic heterocycles. The van der Waals surface area contributed by atoms with Crippen LogP contribution in [0.4, 0.5) is 10.3 Å². The summed E-state index contributed by atoms with van der Waals surface area (Å²) in [6.45, 7) is 10.2. The van der Waals surface area contributed by atoms with Crippen LogP contribution in [0, 0.1) is 5.82 Å². The van der Waals surface area contributed by atoms with Gasteiger partial charge in [-0.15, -0.1) is 0 Å². The summed E-state index contributed by atoms with van der Waals surface area (Å²) in [6.07, 6.45) is 2.86.